The standard InChI is InChI=1S/C24H27N3O6/c1-14-4-3-5-17(25-14)23(30)26-18-11-21-19(10-20(18)32-13-22(29)31-2)27-24(33-21)16-8-6-15(12-28)7-9-16/h3-5,10-11,15-16,28H,6-9,12-13H2,1-2H3,(H,26,30). The van der Waals surface area contributed by atoms with Crippen LogP contribution in [-0.2, 0) is 9.53 Å². The topological polar surface area (TPSA) is 124 Å². The Bertz CT molecular complexity index is 1150. The molecule has 2 N–H and O–H groups in total. The maximum atomic E-state index is 12.8. The fourth-order valence-electron chi connectivity index (χ4n) is 4.01. The lowest BCUT2D eigenvalue weighted by Gasteiger charge is -2.24. The number of nitrogens with zero attached hydrogens (tertiary/aromatic N) is 2. The first-order chi connectivity index (χ1) is 16.0. The number of nitrogens with one attached hydrogen (secondary N) is 1. The number of aliphatic hydroxyl groups is 1. The number of hydrogen-bond acceptors (Lipinski definition) is 8. The Morgan fingerprint density at radius 3 is 2.67 bits per heavy atom. The molecule has 1 aliphatic rings. The number of carbonyl (C=O) groups is 2. The third kappa shape index (κ3) is 5.31. The van der Waals surface area contributed by atoms with Gasteiger partial charge in [0.2, 0.25) is 0 Å². The number of amides is 1. The Morgan fingerprint density at radius 2 is 1.97 bits per heavy atom. The second kappa shape index (κ2) is 9.99. The van der Waals surface area contributed by atoms with E-state index in [-0.39, 0.29) is 30.6 Å². The third-order valence-corrected chi connectivity index (χ3v) is 5.90. The number of aryl methyl sites for hydroxylation is 1. The molecule has 3 aromatic rings. The first-order valence-corrected chi connectivity index (χ1v) is 11.0. The zero-order chi connectivity index (χ0) is 23.4. The van der Waals surface area contributed by atoms with Gasteiger partial charge in [-0.25, -0.2) is 14.8 Å². The van der Waals surface area contributed by atoms with Gasteiger partial charge >= 0.3 is 5.97 Å². The minimum atomic E-state index is -0.547. The van der Waals surface area contributed by atoms with E-state index in [0.717, 1.165) is 31.4 Å². The zero-order valence-corrected chi connectivity index (χ0v) is 18.7. The average molecular weight is 453 g/mol. The molecule has 0 saturated heterocycles. The van der Waals surface area contributed by atoms with Gasteiger partial charge in [-0.05, 0) is 50.7 Å². The number of aromatic nitrogens is 2. The van der Waals surface area contributed by atoms with E-state index in [1.165, 1.54) is 7.11 Å². The number of pyridine rings is 1. The molecule has 0 bridgehead atoms. The Hall–Kier alpha value is -3.46. The molecule has 0 spiro atoms. The van der Waals surface area contributed by atoms with Crippen molar-refractivity contribution in [1.29, 1.82) is 0 Å². The van der Waals surface area contributed by atoms with Crippen molar-refractivity contribution in [3.8, 4) is 5.75 Å². The fraction of sp³-hybridized carbons (Fsp3) is 0.417. The smallest absolute Gasteiger partial charge is 0.343 e. The predicted octanol–water partition coefficient (Wildman–Crippen LogP) is 3.60. The summed E-state index contributed by atoms with van der Waals surface area (Å²) in [7, 11) is 1.27. The Morgan fingerprint density at radius 1 is 1.18 bits per heavy atom. The molecule has 0 atom stereocenters. The van der Waals surface area contributed by atoms with Gasteiger partial charge < -0.3 is 24.3 Å². The van der Waals surface area contributed by atoms with Gasteiger partial charge in [-0.3, -0.25) is 4.79 Å². The number of ether oxygens (including phenoxy) is 2. The number of oxazole rings is 1. The average Bonchev–Trinajstić information content (AvgIpc) is 3.25. The zero-order valence-electron chi connectivity index (χ0n) is 18.7. The van der Waals surface area contributed by atoms with E-state index in [2.05, 4.69) is 20.0 Å². The number of esters is 1. The molecule has 1 saturated carbocycles. The van der Waals surface area contributed by atoms with E-state index in [1.807, 2.05) is 0 Å². The van der Waals surface area contributed by atoms with Gasteiger partial charge in [0, 0.05) is 30.4 Å². The van der Waals surface area contributed by atoms with E-state index in [1.54, 1.807) is 37.3 Å². The highest BCUT2D eigenvalue weighted by atomic mass is 16.6. The molecular weight excluding hydrogens is 426 g/mol. The second-order valence-electron chi connectivity index (χ2n) is 8.25. The van der Waals surface area contributed by atoms with Crippen LogP contribution in [-0.4, -0.2) is 47.3 Å². The van der Waals surface area contributed by atoms with E-state index >= 15 is 0 Å². The van der Waals surface area contributed by atoms with Crippen molar-refractivity contribution < 1.29 is 28.6 Å². The number of benzene rings is 1. The molecule has 0 aliphatic heterocycles. The molecule has 174 valence electrons. The maximum absolute atomic E-state index is 12.8. The first-order valence-electron chi connectivity index (χ1n) is 11.0. The second-order valence-corrected chi connectivity index (χ2v) is 8.25. The lowest BCUT2D eigenvalue weighted by molar-refractivity contribution is -0.142. The van der Waals surface area contributed by atoms with Crippen molar-refractivity contribution in [3.63, 3.8) is 0 Å². The lowest BCUT2D eigenvalue weighted by atomic mass is 9.82. The van der Waals surface area contributed by atoms with Crippen LogP contribution >= 0.6 is 0 Å². The van der Waals surface area contributed by atoms with Gasteiger partial charge in [-0.2, -0.15) is 0 Å². The molecule has 2 aromatic heterocycles. The number of rotatable bonds is 7. The van der Waals surface area contributed by atoms with Crippen molar-refractivity contribution in [2.45, 2.75) is 38.5 Å². The van der Waals surface area contributed by atoms with Crippen LogP contribution in [0.4, 0.5) is 5.69 Å². The van der Waals surface area contributed by atoms with Gasteiger partial charge in [0.25, 0.3) is 5.91 Å². The van der Waals surface area contributed by atoms with Crippen molar-refractivity contribution in [2.75, 3.05) is 25.6 Å². The molecule has 1 amide bonds. The molecule has 1 aromatic carbocycles. The summed E-state index contributed by atoms with van der Waals surface area (Å²) in [4.78, 5) is 33.3. The highest BCUT2D eigenvalue weighted by Gasteiger charge is 2.26. The van der Waals surface area contributed by atoms with Crippen LogP contribution in [0.5, 0.6) is 5.75 Å². The van der Waals surface area contributed by atoms with E-state index in [4.69, 9.17) is 9.15 Å². The molecule has 9 nitrogen and oxygen atoms in total. The normalized spacial score (nSPS) is 18.2. The molecule has 0 unspecified atom stereocenters. The van der Waals surface area contributed by atoms with Gasteiger partial charge in [-0.15, -0.1) is 0 Å². The van der Waals surface area contributed by atoms with Crippen LogP contribution in [0.15, 0.2) is 34.7 Å². The van der Waals surface area contributed by atoms with Crippen molar-refractivity contribution in [3.05, 3.63) is 47.6 Å². The summed E-state index contributed by atoms with van der Waals surface area (Å²) in [6, 6.07) is 8.46. The molecular formula is C24H27N3O6. The number of hydrogen-bond donors (Lipinski definition) is 2. The molecule has 33 heavy (non-hydrogen) atoms. The predicted molar refractivity (Wildman–Crippen MR) is 120 cm³/mol. The van der Waals surface area contributed by atoms with Crippen LogP contribution in [0.25, 0.3) is 11.1 Å². The van der Waals surface area contributed by atoms with Crippen molar-refractivity contribution >= 4 is 28.7 Å². The molecule has 1 fully saturated rings. The van der Waals surface area contributed by atoms with E-state index in [9.17, 15) is 14.7 Å². The molecule has 0 radical (unpaired) electrons. The number of fused-ring (bicyclic) bond motifs is 1. The van der Waals surface area contributed by atoms with Crippen molar-refractivity contribution in [2.24, 2.45) is 5.92 Å². The number of methoxy groups -OCH3 is 1. The van der Waals surface area contributed by atoms with Gasteiger partial charge in [0.15, 0.2) is 18.1 Å². The summed E-state index contributed by atoms with van der Waals surface area (Å²) < 4.78 is 16.3. The summed E-state index contributed by atoms with van der Waals surface area (Å²) in [6.45, 7) is 1.70. The molecule has 4 rings (SSSR count). The summed E-state index contributed by atoms with van der Waals surface area (Å²) in [5.74, 6) is 0.453. The van der Waals surface area contributed by atoms with Crippen molar-refractivity contribution in [1.82, 2.24) is 9.97 Å². The van der Waals surface area contributed by atoms with Gasteiger partial charge in [0.1, 0.15) is 17.0 Å². The quantitative estimate of drug-likeness (QED) is 0.520. The minimum absolute atomic E-state index is 0.175. The molecule has 2 heterocycles. The Labute approximate surface area is 191 Å². The summed E-state index contributed by atoms with van der Waals surface area (Å²) in [5.41, 5.74) is 2.39. The number of carbonyl (C=O) groups excluding carboxylic acids is 2. The van der Waals surface area contributed by atoms with Crippen LogP contribution < -0.4 is 10.1 Å². The number of aliphatic hydroxyl groups excluding tert-OH is 1. The molecule has 1 aliphatic carbocycles. The van der Waals surface area contributed by atoms with E-state index < -0.39 is 11.9 Å². The third-order valence-electron chi connectivity index (χ3n) is 5.90. The Balaban J connectivity index is 1.62. The monoisotopic (exact) mass is 453 g/mol. The summed E-state index contributed by atoms with van der Waals surface area (Å²) >= 11 is 0. The number of anilines is 1. The maximum Gasteiger partial charge on any atom is 0.343 e. The highest BCUT2D eigenvalue weighted by molar-refractivity contribution is 6.04. The van der Waals surface area contributed by atoms with E-state index in [0.29, 0.717) is 28.6 Å². The SMILES string of the molecule is COC(=O)COc1cc2nc(C3CCC(CO)CC3)oc2cc1NC(=O)c1cccc(C)n1. The highest BCUT2D eigenvalue weighted by Crippen LogP contribution is 2.38. The van der Waals surface area contributed by atoms with Gasteiger partial charge in [-0.1, -0.05) is 6.07 Å². The molecule has 9 heteroatoms. The Kier molecular flexibility index (Phi) is 6.88. The van der Waals surface area contributed by atoms with Gasteiger partial charge in [0.05, 0.1) is 12.8 Å². The van der Waals surface area contributed by atoms with Crippen LogP contribution in [0.1, 0.15) is 53.7 Å². The van der Waals surface area contributed by atoms with Crippen LogP contribution in [0.2, 0.25) is 0 Å². The van der Waals surface area contributed by atoms with Crippen LogP contribution in [0.3, 0.4) is 0 Å². The lowest BCUT2D eigenvalue weighted by Crippen LogP contribution is -2.17. The van der Waals surface area contributed by atoms with Crippen LogP contribution in [0, 0.1) is 12.8 Å². The summed E-state index contributed by atoms with van der Waals surface area (Å²) in [6.07, 6.45) is 3.65. The largest absolute Gasteiger partial charge is 0.480 e. The first kappa shape index (κ1) is 22.7. The fourth-order valence-corrected chi connectivity index (χ4v) is 4.01. The summed E-state index contributed by atoms with van der Waals surface area (Å²) in [5, 5.41) is 12.2. The minimum Gasteiger partial charge on any atom is -0.480 e.